The molecule has 3 heterocycles. The standard InChI is InChI=1S/C10H14N6O2/c11-2-6-5(17)1-7(18-6)16-4-15-8-9(12)13-3-14-10(8)16/h3-7,17H,1-2,11H2,(H2,12,13,14)/t5-,6+,7-/m1/s1. The van der Waals surface area contributed by atoms with E-state index in [2.05, 4.69) is 15.0 Å². The number of nitrogens with zero attached hydrogens (tertiary/aromatic N) is 4. The van der Waals surface area contributed by atoms with E-state index in [4.69, 9.17) is 16.2 Å². The number of aromatic nitrogens is 4. The molecule has 0 aliphatic carbocycles. The number of rotatable bonds is 2. The number of imidazole rings is 1. The third-order valence-corrected chi connectivity index (χ3v) is 3.13. The maximum absolute atomic E-state index is 9.79. The van der Waals surface area contributed by atoms with Gasteiger partial charge in [0, 0.05) is 13.0 Å². The van der Waals surface area contributed by atoms with Gasteiger partial charge in [-0.25, -0.2) is 15.0 Å². The highest BCUT2D eigenvalue weighted by Crippen LogP contribution is 2.30. The second-order valence-electron chi connectivity index (χ2n) is 4.25. The van der Waals surface area contributed by atoms with Crippen molar-refractivity contribution in [2.45, 2.75) is 24.9 Å². The van der Waals surface area contributed by atoms with Crippen LogP contribution in [0.3, 0.4) is 0 Å². The Hall–Kier alpha value is -1.77. The summed E-state index contributed by atoms with van der Waals surface area (Å²) >= 11 is 0. The van der Waals surface area contributed by atoms with Crippen molar-refractivity contribution in [2.24, 2.45) is 5.73 Å². The summed E-state index contributed by atoms with van der Waals surface area (Å²) in [5.74, 6) is 0.327. The van der Waals surface area contributed by atoms with Crippen molar-refractivity contribution in [1.29, 1.82) is 0 Å². The van der Waals surface area contributed by atoms with Gasteiger partial charge in [-0.05, 0) is 0 Å². The van der Waals surface area contributed by atoms with Crippen LogP contribution in [0.5, 0.6) is 0 Å². The number of ether oxygens (including phenoxy) is 1. The van der Waals surface area contributed by atoms with Gasteiger partial charge in [0.2, 0.25) is 0 Å². The monoisotopic (exact) mass is 250 g/mol. The molecule has 18 heavy (non-hydrogen) atoms. The van der Waals surface area contributed by atoms with E-state index in [1.807, 2.05) is 0 Å². The predicted molar refractivity (Wildman–Crippen MR) is 63.3 cm³/mol. The van der Waals surface area contributed by atoms with E-state index in [9.17, 15) is 5.11 Å². The number of aliphatic hydroxyl groups excluding tert-OH is 1. The molecule has 0 spiro atoms. The molecule has 0 unspecified atom stereocenters. The molecule has 96 valence electrons. The molecule has 0 radical (unpaired) electrons. The van der Waals surface area contributed by atoms with Gasteiger partial charge in [-0.3, -0.25) is 4.57 Å². The van der Waals surface area contributed by atoms with Crippen LogP contribution in [0, 0.1) is 0 Å². The van der Waals surface area contributed by atoms with Crippen molar-refractivity contribution in [3.05, 3.63) is 12.7 Å². The average Bonchev–Trinajstić information content (AvgIpc) is 2.93. The van der Waals surface area contributed by atoms with E-state index >= 15 is 0 Å². The minimum Gasteiger partial charge on any atom is -0.390 e. The largest absolute Gasteiger partial charge is 0.390 e. The smallest absolute Gasteiger partial charge is 0.167 e. The Labute approximate surface area is 103 Å². The molecule has 8 heteroatoms. The second kappa shape index (κ2) is 4.16. The van der Waals surface area contributed by atoms with Crippen molar-refractivity contribution < 1.29 is 9.84 Å². The molecule has 1 fully saturated rings. The summed E-state index contributed by atoms with van der Waals surface area (Å²) in [5.41, 5.74) is 12.4. The highest BCUT2D eigenvalue weighted by atomic mass is 16.5. The quantitative estimate of drug-likeness (QED) is 0.625. The summed E-state index contributed by atoms with van der Waals surface area (Å²) in [6, 6.07) is 0. The first-order valence-electron chi connectivity index (χ1n) is 5.67. The van der Waals surface area contributed by atoms with Gasteiger partial charge in [0.05, 0.1) is 18.5 Å². The summed E-state index contributed by atoms with van der Waals surface area (Å²) < 4.78 is 7.40. The molecule has 2 aromatic heterocycles. The topological polar surface area (TPSA) is 125 Å². The van der Waals surface area contributed by atoms with Gasteiger partial charge in [0.1, 0.15) is 18.1 Å². The molecule has 1 aliphatic rings. The van der Waals surface area contributed by atoms with Crippen LogP contribution in [0.4, 0.5) is 5.82 Å². The van der Waals surface area contributed by atoms with Crippen LogP contribution in [-0.2, 0) is 4.74 Å². The molecule has 8 nitrogen and oxygen atoms in total. The van der Waals surface area contributed by atoms with Crippen LogP contribution in [-0.4, -0.2) is 43.4 Å². The maximum atomic E-state index is 9.79. The molecule has 0 amide bonds. The van der Waals surface area contributed by atoms with E-state index in [0.717, 1.165) is 0 Å². The van der Waals surface area contributed by atoms with Crippen LogP contribution < -0.4 is 11.5 Å². The first kappa shape index (κ1) is 11.3. The first-order valence-corrected chi connectivity index (χ1v) is 5.67. The molecule has 3 rings (SSSR count). The number of nitrogen functional groups attached to an aromatic ring is 1. The number of aliphatic hydroxyl groups is 1. The summed E-state index contributed by atoms with van der Waals surface area (Å²) in [4.78, 5) is 12.2. The molecule has 2 aromatic rings. The molecule has 5 N–H and O–H groups in total. The van der Waals surface area contributed by atoms with Gasteiger partial charge in [-0.1, -0.05) is 0 Å². The van der Waals surface area contributed by atoms with Gasteiger partial charge in [0.15, 0.2) is 11.5 Å². The minimum absolute atomic E-state index is 0.279. The number of hydrogen-bond donors (Lipinski definition) is 3. The van der Waals surface area contributed by atoms with Gasteiger partial charge in [0.25, 0.3) is 0 Å². The number of anilines is 1. The zero-order chi connectivity index (χ0) is 12.7. The normalized spacial score (nSPS) is 28.0. The van der Waals surface area contributed by atoms with E-state index < -0.39 is 6.10 Å². The minimum atomic E-state index is -0.573. The Morgan fingerprint density at radius 3 is 3.00 bits per heavy atom. The molecule has 1 aliphatic heterocycles. The van der Waals surface area contributed by atoms with Crippen molar-refractivity contribution >= 4 is 17.0 Å². The molecule has 0 aromatic carbocycles. The fourth-order valence-corrected chi connectivity index (χ4v) is 2.18. The summed E-state index contributed by atoms with van der Waals surface area (Å²) in [6.45, 7) is 0.279. The highest BCUT2D eigenvalue weighted by Gasteiger charge is 2.34. The lowest BCUT2D eigenvalue weighted by Crippen LogP contribution is -2.29. The molecule has 0 saturated carbocycles. The van der Waals surface area contributed by atoms with Crippen LogP contribution in [0.25, 0.3) is 11.2 Å². The highest BCUT2D eigenvalue weighted by molar-refractivity contribution is 5.81. The lowest BCUT2D eigenvalue weighted by atomic mass is 10.2. The van der Waals surface area contributed by atoms with Crippen molar-refractivity contribution in [2.75, 3.05) is 12.3 Å². The number of fused-ring (bicyclic) bond motifs is 1. The molecule has 3 atom stereocenters. The summed E-state index contributed by atoms with van der Waals surface area (Å²) in [5, 5.41) is 9.79. The fraction of sp³-hybridized carbons (Fsp3) is 0.500. The van der Waals surface area contributed by atoms with E-state index in [1.54, 1.807) is 10.9 Å². The zero-order valence-corrected chi connectivity index (χ0v) is 9.60. The van der Waals surface area contributed by atoms with E-state index in [-0.39, 0.29) is 18.9 Å². The van der Waals surface area contributed by atoms with Gasteiger partial charge in [-0.2, -0.15) is 0 Å². The van der Waals surface area contributed by atoms with Crippen molar-refractivity contribution in [1.82, 2.24) is 19.5 Å². The Balaban J connectivity index is 1.99. The molecular formula is C10H14N6O2. The molecule has 1 saturated heterocycles. The van der Waals surface area contributed by atoms with Gasteiger partial charge in [-0.15, -0.1) is 0 Å². The Bertz CT molecular complexity index is 570. The maximum Gasteiger partial charge on any atom is 0.167 e. The van der Waals surface area contributed by atoms with Crippen LogP contribution in [0.1, 0.15) is 12.6 Å². The van der Waals surface area contributed by atoms with Crippen LogP contribution >= 0.6 is 0 Å². The first-order chi connectivity index (χ1) is 8.70. The zero-order valence-electron chi connectivity index (χ0n) is 9.60. The van der Waals surface area contributed by atoms with Gasteiger partial charge >= 0.3 is 0 Å². The lowest BCUT2D eigenvalue weighted by molar-refractivity contribution is -0.0115. The third kappa shape index (κ3) is 1.62. The SMILES string of the molecule is NC[C@@H]1O[C@@H](n2cnc3c(N)ncnc32)C[C@H]1O. The van der Waals surface area contributed by atoms with E-state index in [0.29, 0.717) is 23.4 Å². The van der Waals surface area contributed by atoms with Crippen LogP contribution in [0.15, 0.2) is 12.7 Å². The second-order valence-corrected chi connectivity index (χ2v) is 4.25. The Morgan fingerprint density at radius 1 is 1.44 bits per heavy atom. The van der Waals surface area contributed by atoms with E-state index in [1.165, 1.54) is 6.33 Å². The molecular weight excluding hydrogens is 236 g/mol. The van der Waals surface area contributed by atoms with Crippen molar-refractivity contribution in [3.8, 4) is 0 Å². The van der Waals surface area contributed by atoms with Crippen molar-refractivity contribution in [3.63, 3.8) is 0 Å². The Kier molecular flexibility index (Phi) is 2.62. The third-order valence-electron chi connectivity index (χ3n) is 3.13. The summed E-state index contributed by atoms with van der Waals surface area (Å²) in [7, 11) is 0. The summed E-state index contributed by atoms with van der Waals surface area (Å²) in [6.07, 6.45) is 2.17. The Morgan fingerprint density at radius 2 is 2.28 bits per heavy atom. The molecule has 0 bridgehead atoms. The van der Waals surface area contributed by atoms with Crippen LogP contribution in [0.2, 0.25) is 0 Å². The fourth-order valence-electron chi connectivity index (χ4n) is 2.18. The predicted octanol–water partition coefficient (Wildman–Crippen LogP) is -0.984. The van der Waals surface area contributed by atoms with Gasteiger partial charge < -0.3 is 21.3 Å². The number of hydrogen-bond acceptors (Lipinski definition) is 7. The average molecular weight is 250 g/mol. The lowest BCUT2D eigenvalue weighted by Gasteiger charge is -2.13. The number of nitrogens with two attached hydrogens (primary N) is 2.